The Balaban J connectivity index is 0.00000392. The average molecular weight is 522 g/mol. The Morgan fingerprint density at radius 1 is 1.14 bits per heavy atom. The van der Waals surface area contributed by atoms with Gasteiger partial charge in [-0.3, -0.25) is 9.89 Å². The highest BCUT2D eigenvalue weighted by Crippen LogP contribution is 2.22. The summed E-state index contributed by atoms with van der Waals surface area (Å²) in [6.45, 7) is 4.04. The molecular weight excluding hydrogens is 488 g/mol. The van der Waals surface area contributed by atoms with Crippen molar-refractivity contribution in [2.75, 3.05) is 66.6 Å². The molecule has 0 radical (unpaired) electrons. The smallest absolute Gasteiger partial charge is 0.385 e. The van der Waals surface area contributed by atoms with Crippen molar-refractivity contribution in [1.82, 2.24) is 15.1 Å². The van der Waals surface area contributed by atoms with Gasteiger partial charge in [0.2, 0.25) is 0 Å². The summed E-state index contributed by atoms with van der Waals surface area (Å²) in [4.78, 5) is 8.04. The zero-order valence-electron chi connectivity index (χ0n) is 16.8. The summed E-state index contributed by atoms with van der Waals surface area (Å²) < 4.78 is 48.4. The normalized spacial score (nSPS) is 22.4. The number of methoxy groups -OCH3 is 1. The van der Waals surface area contributed by atoms with Crippen LogP contribution in [-0.2, 0) is 9.47 Å². The van der Waals surface area contributed by atoms with Gasteiger partial charge in [-0.1, -0.05) is 0 Å². The second-order valence-corrected chi connectivity index (χ2v) is 7.34. The predicted molar refractivity (Wildman–Crippen MR) is 114 cm³/mol. The maximum atomic E-state index is 12.5. The number of rotatable bonds is 8. The highest BCUT2D eigenvalue weighted by molar-refractivity contribution is 14.0. The van der Waals surface area contributed by atoms with Gasteiger partial charge in [0, 0.05) is 53.6 Å². The van der Waals surface area contributed by atoms with Crippen molar-refractivity contribution in [1.29, 1.82) is 0 Å². The fourth-order valence-corrected chi connectivity index (χ4v) is 3.73. The number of nitrogens with zero attached hydrogens (tertiary/aromatic N) is 3. The third kappa shape index (κ3) is 9.45. The van der Waals surface area contributed by atoms with E-state index in [1.165, 1.54) is 4.90 Å². The summed E-state index contributed by atoms with van der Waals surface area (Å²) in [5.41, 5.74) is 0. The van der Waals surface area contributed by atoms with E-state index in [1.54, 1.807) is 14.2 Å². The molecule has 2 saturated heterocycles. The molecule has 6 nitrogen and oxygen atoms in total. The molecule has 0 aliphatic carbocycles. The molecule has 0 spiro atoms. The molecule has 0 saturated carbocycles. The second kappa shape index (κ2) is 13.1. The van der Waals surface area contributed by atoms with Crippen LogP contribution in [-0.4, -0.2) is 94.7 Å². The number of hydrogen-bond donors (Lipinski definition) is 1. The Bertz CT molecular complexity index is 461. The molecule has 166 valence electrons. The number of halogens is 4. The Morgan fingerprint density at radius 3 is 2.46 bits per heavy atom. The molecule has 0 aromatic carbocycles. The minimum atomic E-state index is -4.12. The molecule has 1 N–H and O–H groups in total. The monoisotopic (exact) mass is 522 g/mol. The first-order valence-corrected chi connectivity index (χ1v) is 9.76. The molecule has 0 amide bonds. The lowest BCUT2D eigenvalue weighted by Crippen LogP contribution is -2.48. The van der Waals surface area contributed by atoms with Crippen LogP contribution in [0, 0.1) is 5.92 Å². The molecule has 2 fully saturated rings. The minimum absolute atomic E-state index is 0. The van der Waals surface area contributed by atoms with E-state index in [9.17, 15) is 13.2 Å². The molecule has 0 aromatic heterocycles. The second-order valence-electron chi connectivity index (χ2n) is 7.34. The van der Waals surface area contributed by atoms with E-state index in [2.05, 4.69) is 15.2 Å². The minimum Gasteiger partial charge on any atom is -0.385 e. The van der Waals surface area contributed by atoms with Gasteiger partial charge in [0.15, 0.2) is 5.96 Å². The van der Waals surface area contributed by atoms with Gasteiger partial charge in [0.25, 0.3) is 0 Å². The molecule has 10 heteroatoms. The van der Waals surface area contributed by atoms with Gasteiger partial charge in [-0.2, -0.15) is 13.2 Å². The molecule has 28 heavy (non-hydrogen) atoms. The van der Waals surface area contributed by atoms with Crippen molar-refractivity contribution < 1.29 is 22.6 Å². The lowest BCUT2D eigenvalue weighted by Gasteiger charge is -2.34. The Hall–Kier alpha value is -0.330. The molecule has 0 aromatic rings. The van der Waals surface area contributed by atoms with Gasteiger partial charge in [0.05, 0.1) is 12.6 Å². The maximum absolute atomic E-state index is 12.5. The van der Waals surface area contributed by atoms with Crippen LogP contribution in [0.5, 0.6) is 0 Å². The Labute approximate surface area is 183 Å². The number of nitrogens with one attached hydrogen (secondary N) is 1. The van der Waals surface area contributed by atoms with Crippen molar-refractivity contribution in [3.63, 3.8) is 0 Å². The van der Waals surface area contributed by atoms with E-state index < -0.39 is 12.7 Å². The first-order chi connectivity index (χ1) is 12.9. The zero-order chi connectivity index (χ0) is 19.7. The van der Waals surface area contributed by atoms with Crippen LogP contribution in [0.3, 0.4) is 0 Å². The SMILES string of the molecule is CN=C(NCC1CCN(CC(F)(F)F)C1)N1CCC(OCCCOC)CC1.I. The molecule has 2 rings (SSSR count). The van der Waals surface area contributed by atoms with Gasteiger partial charge >= 0.3 is 6.18 Å². The molecule has 2 aliphatic rings. The van der Waals surface area contributed by atoms with Crippen LogP contribution in [0.1, 0.15) is 25.7 Å². The number of hydrogen-bond acceptors (Lipinski definition) is 4. The number of alkyl halides is 3. The zero-order valence-corrected chi connectivity index (χ0v) is 19.2. The van der Waals surface area contributed by atoms with Crippen LogP contribution < -0.4 is 5.32 Å². The van der Waals surface area contributed by atoms with Gasteiger partial charge < -0.3 is 19.7 Å². The molecule has 1 unspecified atom stereocenters. The Morgan fingerprint density at radius 2 is 1.86 bits per heavy atom. The number of aliphatic imine (C=N–C) groups is 1. The van der Waals surface area contributed by atoms with Crippen molar-refractivity contribution in [2.45, 2.75) is 38.0 Å². The third-order valence-corrected chi connectivity index (χ3v) is 5.12. The van der Waals surface area contributed by atoms with Gasteiger partial charge in [-0.15, -0.1) is 24.0 Å². The molecule has 2 heterocycles. The molecule has 0 bridgehead atoms. The van der Waals surface area contributed by atoms with Gasteiger partial charge in [0.1, 0.15) is 0 Å². The van der Waals surface area contributed by atoms with Crippen molar-refractivity contribution in [2.24, 2.45) is 10.9 Å². The fraction of sp³-hybridized carbons (Fsp3) is 0.944. The summed E-state index contributed by atoms with van der Waals surface area (Å²) >= 11 is 0. The van der Waals surface area contributed by atoms with E-state index in [-0.39, 0.29) is 36.0 Å². The highest BCUT2D eigenvalue weighted by Gasteiger charge is 2.34. The topological polar surface area (TPSA) is 49.3 Å². The van der Waals surface area contributed by atoms with Crippen molar-refractivity contribution in [3.8, 4) is 0 Å². The van der Waals surface area contributed by atoms with Gasteiger partial charge in [-0.25, -0.2) is 0 Å². The van der Waals surface area contributed by atoms with E-state index in [4.69, 9.17) is 9.47 Å². The fourth-order valence-electron chi connectivity index (χ4n) is 3.73. The van der Waals surface area contributed by atoms with Crippen molar-refractivity contribution >= 4 is 29.9 Å². The molecule has 2 aliphatic heterocycles. The first kappa shape index (κ1) is 25.7. The third-order valence-electron chi connectivity index (χ3n) is 5.12. The van der Waals surface area contributed by atoms with Crippen molar-refractivity contribution in [3.05, 3.63) is 0 Å². The number of likely N-dealkylation sites (tertiary alicyclic amines) is 2. The summed E-state index contributed by atoms with van der Waals surface area (Å²) in [5.74, 6) is 1.06. The highest BCUT2D eigenvalue weighted by atomic mass is 127. The maximum Gasteiger partial charge on any atom is 0.401 e. The van der Waals surface area contributed by atoms with Crippen LogP contribution >= 0.6 is 24.0 Å². The molecular formula is C18H34F3IN4O2. The number of ether oxygens (including phenoxy) is 2. The summed E-state index contributed by atoms with van der Waals surface area (Å²) in [7, 11) is 3.44. The van der Waals surface area contributed by atoms with Gasteiger partial charge in [-0.05, 0) is 38.1 Å². The number of piperidine rings is 1. The Kier molecular flexibility index (Phi) is 12.0. The van der Waals surface area contributed by atoms with Crippen LogP contribution in [0.25, 0.3) is 0 Å². The summed E-state index contributed by atoms with van der Waals surface area (Å²) in [6.07, 6.45) is -0.229. The largest absolute Gasteiger partial charge is 0.401 e. The lowest BCUT2D eigenvalue weighted by molar-refractivity contribution is -0.143. The van der Waals surface area contributed by atoms with E-state index >= 15 is 0 Å². The van der Waals surface area contributed by atoms with E-state index in [1.807, 2.05) is 0 Å². The van der Waals surface area contributed by atoms with Crippen LogP contribution in [0.15, 0.2) is 4.99 Å². The molecule has 1 atom stereocenters. The van der Waals surface area contributed by atoms with Crippen LogP contribution in [0.4, 0.5) is 13.2 Å². The van der Waals surface area contributed by atoms with Crippen LogP contribution in [0.2, 0.25) is 0 Å². The standard InChI is InChI=1S/C18H33F3N4O2.HI/c1-22-17(23-12-15-4-7-24(13-15)14-18(19,20)21)25-8-5-16(6-9-25)27-11-3-10-26-2;/h15-16H,3-14H2,1-2H3,(H,22,23);1H. The first-order valence-electron chi connectivity index (χ1n) is 9.76. The average Bonchev–Trinajstić information content (AvgIpc) is 3.06. The lowest BCUT2D eigenvalue weighted by atomic mass is 10.1. The summed E-state index contributed by atoms with van der Waals surface area (Å²) in [6, 6.07) is 0. The number of guanidine groups is 1. The quantitative estimate of drug-likeness (QED) is 0.230. The van der Waals surface area contributed by atoms with E-state index in [0.29, 0.717) is 19.6 Å². The summed E-state index contributed by atoms with van der Waals surface area (Å²) in [5, 5.41) is 3.35. The predicted octanol–water partition coefficient (Wildman–Crippen LogP) is 2.58. The van der Waals surface area contributed by atoms with E-state index in [0.717, 1.165) is 57.9 Å².